The van der Waals surface area contributed by atoms with E-state index in [1.54, 1.807) is 19.1 Å². The lowest BCUT2D eigenvalue weighted by Crippen LogP contribution is -2.23. The molecular weight excluding hydrogens is 482 g/mol. The molecule has 0 aromatic heterocycles. The first-order chi connectivity index (χ1) is 14.1. The van der Waals surface area contributed by atoms with Crippen molar-refractivity contribution in [3.63, 3.8) is 0 Å². The van der Waals surface area contributed by atoms with Crippen molar-refractivity contribution in [3.05, 3.63) is 32.8 Å². The van der Waals surface area contributed by atoms with Gasteiger partial charge >= 0.3 is 8.25 Å². The van der Waals surface area contributed by atoms with Crippen LogP contribution in [-0.2, 0) is 20.5 Å². The molecule has 0 aliphatic rings. The van der Waals surface area contributed by atoms with E-state index >= 15 is 0 Å². The van der Waals surface area contributed by atoms with Gasteiger partial charge in [-0.2, -0.15) is 0 Å². The predicted molar refractivity (Wildman–Crippen MR) is 119 cm³/mol. The molecule has 0 saturated heterocycles. The highest BCUT2D eigenvalue weighted by Crippen LogP contribution is 2.29. The molecular formula is C18H31Cl3O8P+. The third-order valence-electron chi connectivity index (χ3n) is 3.17. The average molecular weight is 513 g/mol. The van der Waals surface area contributed by atoms with E-state index in [1.807, 2.05) is 0 Å². The second-order valence-corrected chi connectivity index (χ2v) is 7.71. The van der Waals surface area contributed by atoms with Crippen molar-refractivity contribution in [2.24, 2.45) is 0 Å². The Morgan fingerprint density at radius 3 is 2.13 bits per heavy atom. The van der Waals surface area contributed by atoms with Gasteiger partial charge in [0.2, 0.25) is 0 Å². The summed E-state index contributed by atoms with van der Waals surface area (Å²) in [5, 5.41) is 28.1. The van der Waals surface area contributed by atoms with Gasteiger partial charge in [-0.25, -0.2) is 0 Å². The Balaban J connectivity index is 0. The van der Waals surface area contributed by atoms with Gasteiger partial charge in [0.05, 0.1) is 35.5 Å². The van der Waals surface area contributed by atoms with Crippen LogP contribution in [0.4, 0.5) is 0 Å². The first kappa shape index (κ1) is 32.1. The van der Waals surface area contributed by atoms with Crippen LogP contribution in [-0.4, -0.2) is 70.3 Å². The third-order valence-corrected chi connectivity index (χ3v) is 4.24. The quantitative estimate of drug-likeness (QED) is 0.173. The summed E-state index contributed by atoms with van der Waals surface area (Å²) in [4.78, 5) is 14.2. The minimum Gasteiger partial charge on any atom is -0.396 e. The summed E-state index contributed by atoms with van der Waals surface area (Å²) in [5.74, 6) is 0. The first-order valence-electron chi connectivity index (χ1n) is 9.16. The number of aliphatic hydroxyl groups is 3. The van der Waals surface area contributed by atoms with Crippen LogP contribution in [0.3, 0.4) is 0 Å². The second-order valence-electron chi connectivity index (χ2n) is 5.98. The summed E-state index contributed by atoms with van der Waals surface area (Å²) in [6.07, 6.45) is 1.12. The van der Waals surface area contributed by atoms with Crippen molar-refractivity contribution < 1.29 is 39.1 Å². The minimum atomic E-state index is -2.87. The molecule has 0 fully saturated rings. The van der Waals surface area contributed by atoms with E-state index in [0.717, 1.165) is 19.4 Å². The number of hydrogen-bond acceptors (Lipinski definition) is 6. The van der Waals surface area contributed by atoms with Gasteiger partial charge in [0.1, 0.15) is 0 Å². The molecule has 0 radical (unpaired) electrons. The van der Waals surface area contributed by atoms with E-state index in [-0.39, 0.29) is 25.9 Å². The molecule has 0 aliphatic heterocycles. The summed E-state index contributed by atoms with van der Waals surface area (Å²) in [6.45, 7) is 5.59. The smallest absolute Gasteiger partial charge is 0.396 e. The molecule has 0 heterocycles. The number of rotatable bonds is 11. The SMILES string of the molecule is CC(CO)OCC(O)Cc1cc(Cl)c(Cl)cc1Cl.CCCOCCCO.O=[P+](O)O. The molecule has 5 N–H and O–H groups in total. The fraction of sp³-hybridized carbons (Fsp3) is 0.667. The van der Waals surface area contributed by atoms with Crippen LogP contribution in [0.25, 0.3) is 0 Å². The van der Waals surface area contributed by atoms with Gasteiger partial charge < -0.3 is 24.8 Å². The Labute approximate surface area is 193 Å². The maximum atomic E-state index is 9.79. The van der Waals surface area contributed by atoms with Crippen LogP contribution in [0, 0.1) is 0 Å². The normalized spacial score (nSPS) is 12.2. The van der Waals surface area contributed by atoms with Crippen molar-refractivity contribution in [1.82, 2.24) is 0 Å². The monoisotopic (exact) mass is 511 g/mol. The zero-order valence-corrected chi connectivity index (χ0v) is 20.2. The molecule has 12 heteroatoms. The Morgan fingerprint density at radius 1 is 1.07 bits per heavy atom. The van der Waals surface area contributed by atoms with Gasteiger partial charge in [-0.3, -0.25) is 0 Å². The van der Waals surface area contributed by atoms with Gasteiger partial charge in [-0.1, -0.05) is 41.7 Å². The van der Waals surface area contributed by atoms with Gasteiger partial charge in [0.15, 0.2) is 0 Å². The van der Waals surface area contributed by atoms with E-state index in [9.17, 15) is 5.11 Å². The first-order valence-corrected chi connectivity index (χ1v) is 11.5. The lowest BCUT2D eigenvalue weighted by molar-refractivity contribution is -0.0228. The lowest BCUT2D eigenvalue weighted by Gasteiger charge is -2.15. The molecule has 1 rings (SSSR count). The van der Waals surface area contributed by atoms with Gasteiger partial charge in [-0.05, 0) is 37.5 Å². The minimum absolute atomic E-state index is 0.0831. The third kappa shape index (κ3) is 19.8. The predicted octanol–water partition coefficient (Wildman–Crippen LogP) is 3.37. The molecule has 0 bridgehead atoms. The Kier molecular flexibility index (Phi) is 22.2. The molecule has 8 nitrogen and oxygen atoms in total. The van der Waals surface area contributed by atoms with Crippen LogP contribution in [0.1, 0.15) is 32.3 Å². The Morgan fingerprint density at radius 2 is 1.63 bits per heavy atom. The van der Waals surface area contributed by atoms with Crippen molar-refractivity contribution in [3.8, 4) is 0 Å². The molecule has 0 saturated carbocycles. The van der Waals surface area contributed by atoms with Crippen molar-refractivity contribution in [2.75, 3.05) is 33.0 Å². The van der Waals surface area contributed by atoms with Crippen molar-refractivity contribution in [1.29, 1.82) is 0 Å². The van der Waals surface area contributed by atoms with Crippen LogP contribution in [0.5, 0.6) is 0 Å². The van der Waals surface area contributed by atoms with Gasteiger partial charge in [0.25, 0.3) is 0 Å². The summed E-state index contributed by atoms with van der Waals surface area (Å²) in [5.41, 5.74) is 0.707. The van der Waals surface area contributed by atoms with Crippen molar-refractivity contribution in [2.45, 2.75) is 45.3 Å². The number of aliphatic hydroxyl groups excluding tert-OH is 3. The van der Waals surface area contributed by atoms with Crippen LogP contribution in [0.15, 0.2) is 12.1 Å². The molecule has 2 unspecified atom stereocenters. The Bertz CT molecular complexity index is 571. The van der Waals surface area contributed by atoms with Crippen LogP contribution >= 0.6 is 43.1 Å². The molecule has 1 aromatic rings. The summed E-state index contributed by atoms with van der Waals surface area (Å²) >= 11 is 17.7. The van der Waals surface area contributed by atoms with Crippen molar-refractivity contribution >= 4 is 43.1 Å². The summed E-state index contributed by atoms with van der Waals surface area (Å²) in [6, 6.07) is 3.18. The highest BCUT2D eigenvalue weighted by atomic mass is 35.5. The fourth-order valence-electron chi connectivity index (χ4n) is 1.77. The largest absolute Gasteiger partial charge is 0.692 e. The summed E-state index contributed by atoms with van der Waals surface area (Å²) in [7, 11) is -2.87. The van der Waals surface area contributed by atoms with Gasteiger partial charge in [-0.15, -0.1) is 9.79 Å². The standard InChI is InChI=1S/C12H15Cl3O3.C6H14O2.HO3P/c1-7(5-16)18-6-9(17)2-8-3-11(14)12(15)4-10(8)13;1-2-5-8-6-3-4-7;1-4(2)3/h3-4,7,9,16-17H,2,5-6H2,1H3;7H,2-6H2,1H3;(H-,1,2,3)/p+1. The molecule has 0 aliphatic carbocycles. The van der Waals surface area contributed by atoms with Gasteiger partial charge in [0, 0.05) is 35.8 Å². The summed E-state index contributed by atoms with van der Waals surface area (Å²) < 4.78 is 19.0. The fourth-order valence-corrected chi connectivity index (χ4v) is 2.42. The van der Waals surface area contributed by atoms with E-state index < -0.39 is 14.4 Å². The number of ether oxygens (including phenoxy) is 2. The molecule has 2 atom stereocenters. The molecule has 176 valence electrons. The molecule has 0 amide bonds. The topological polar surface area (TPSA) is 137 Å². The highest BCUT2D eigenvalue weighted by molar-refractivity contribution is 7.30. The molecule has 1 aromatic carbocycles. The zero-order valence-electron chi connectivity index (χ0n) is 17.0. The van der Waals surface area contributed by atoms with Crippen LogP contribution < -0.4 is 0 Å². The van der Waals surface area contributed by atoms with Crippen LogP contribution in [0.2, 0.25) is 15.1 Å². The molecule has 0 spiro atoms. The number of hydrogen-bond donors (Lipinski definition) is 5. The maximum absolute atomic E-state index is 9.79. The number of halogens is 3. The highest BCUT2D eigenvalue weighted by Gasteiger charge is 2.12. The van der Waals surface area contributed by atoms with E-state index in [4.69, 9.17) is 68.8 Å². The molecule has 30 heavy (non-hydrogen) atoms. The maximum Gasteiger partial charge on any atom is 0.692 e. The van der Waals surface area contributed by atoms with E-state index in [1.165, 1.54) is 0 Å². The number of benzene rings is 1. The second kappa shape index (κ2) is 20.8. The average Bonchev–Trinajstić information content (AvgIpc) is 2.67. The lowest BCUT2D eigenvalue weighted by atomic mass is 10.1. The van der Waals surface area contributed by atoms with E-state index in [2.05, 4.69) is 6.92 Å². The Hall–Kier alpha value is -0.0900. The zero-order chi connectivity index (χ0) is 23.5. The van der Waals surface area contributed by atoms with E-state index in [0.29, 0.717) is 33.7 Å².